The number of carbonyl (C=O) groups is 1. The molecule has 2 atom stereocenters. The third-order valence-electron chi connectivity index (χ3n) is 8.74. The molecule has 0 radical (unpaired) electrons. The molecule has 5 heterocycles. The molecule has 0 unspecified atom stereocenters. The predicted octanol–water partition coefficient (Wildman–Crippen LogP) is 4.01. The van der Waals surface area contributed by atoms with E-state index in [1.807, 2.05) is 40.5 Å². The summed E-state index contributed by atoms with van der Waals surface area (Å²) in [4.78, 5) is 38.7. The number of nitrogens with one attached hydrogen (secondary N) is 1. The van der Waals surface area contributed by atoms with E-state index >= 15 is 0 Å². The van der Waals surface area contributed by atoms with Gasteiger partial charge in [0.2, 0.25) is 0 Å². The number of anilines is 1. The number of piperazine rings is 1. The number of aromatic nitrogens is 3. The Labute approximate surface area is 219 Å². The second-order valence-electron chi connectivity index (χ2n) is 11.2. The molecule has 3 fully saturated rings. The number of benzene rings is 2. The summed E-state index contributed by atoms with van der Waals surface area (Å²) in [5, 5.41) is 0. The van der Waals surface area contributed by atoms with Gasteiger partial charge < -0.3 is 19.5 Å². The largest absolute Gasteiger partial charge is 0.381 e. The number of nitrogens with zero attached hydrogens (tertiary/aromatic N) is 4. The standard InChI is InChI=1S/C29H30FN5O3/c1-17-11-24-23(32-27(36)25-14-31-26(35(24)25)18-7-9-38-10-8-18)12-22(17)28(37)33-16-29(2)13-21(33)15-34(29)20-5-3-19(30)4-6-20/h3-6,11-12,14,18,21H,7-10,13,15-16H2,1-2H3,(H,32,36)/t21-,29-/m0/s1. The highest BCUT2D eigenvalue weighted by Crippen LogP contribution is 2.43. The van der Waals surface area contributed by atoms with Gasteiger partial charge in [-0.25, -0.2) is 9.37 Å². The van der Waals surface area contributed by atoms with Gasteiger partial charge in [-0.15, -0.1) is 0 Å². The Morgan fingerprint density at radius 2 is 1.92 bits per heavy atom. The van der Waals surface area contributed by atoms with E-state index in [9.17, 15) is 14.0 Å². The van der Waals surface area contributed by atoms with Gasteiger partial charge in [-0.2, -0.15) is 0 Å². The minimum atomic E-state index is -0.252. The maximum absolute atomic E-state index is 13.9. The van der Waals surface area contributed by atoms with E-state index < -0.39 is 0 Å². The van der Waals surface area contributed by atoms with Crippen LogP contribution >= 0.6 is 0 Å². The van der Waals surface area contributed by atoms with Crippen LogP contribution in [0.2, 0.25) is 0 Å². The highest BCUT2D eigenvalue weighted by Gasteiger charge is 2.53. The Morgan fingerprint density at radius 1 is 1.16 bits per heavy atom. The minimum Gasteiger partial charge on any atom is -0.381 e. The van der Waals surface area contributed by atoms with Crippen LogP contribution in [0.1, 0.15) is 53.8 Å². The summed E-state index contributed by atoms with van der Waals surface area (Å²) in [6.45, 7) is 6.80. The predicted molar refractivity (Wildman–Crippen MR) is 142 cm³/mol. The molecule has 2 bridgehead atoms. The molecule has 1 amide bonds. The number of fused-ring (bicyclic) bond motifs is 5. The van der Waals surface area contributed by atoms with Crippen LogP contribution in [0, 0.1) is 12.7 Å². The van der Waals surface area contributed by atoms with Gasteiger partial charge in [0.05, 0.1) is 28.8 Å². The van der Waals surface area contributed by atoms with Crippen molar-refractivity contribution >= 4 is 28.1 Å². The maximum atomic E-state index is 13.9. The number of carbonyl (C=O) groups excluding carboxylic acids is 1. The number of halogens is 1. The normalized spacial score (nSPS) is 23.7. The summed E-state index contributed by atoms with van der Waals surface area (Å²) in [7, 11) is 0. The van der Waals surface area contributed by atoms with Crippen LogP contribution < -0.4 is 10.5 Å². The van der Waals surface area contributed by atoms with Crippen LogP contribution in [0.4, 0.5) is 10.1 Å². The Balaban J connectivity index is 1.23. The number of aryl methyl sites for hydroxylation is 1. The van der Waals surface area contributed by atoms with Gasteiger partial charge in [0, 0.05) is 43.5 Å². The van der Waals surface area contributed by atoms with Crippen LogP contribution in [0.15, 0.2) is 47.4 Å². The summed E-state index contributed by atoms with van der Waals surface area (Å²) in [6.07, 6.45) is 4.25. The summed E-state index contributed by atoms with van der Waals surface area (Å²) in [6, 6.07) is 10.5. The van der Waals surface area contributed by atoms with E-state index in [4.69, 9.17) is 4.74 Å². The fourth-order valence-corrected chi connectivity index (χ4v) is 6.82. The second kappa shape index (κ2) is 8.39. The van der Waals surface area contributed by atoms with Crippen LogP contribution in [0.25, 0.3) is 16.6 Å². The second-order valence-corrected chi connectivity index (χ2v) is 11.2. The van der Waals surface area contributed by atoms with Crippen LogP contribution in [0.3, 0.4) is 0 Å². The van der Waals surface area contributed by atoms with Gasteiger partial charge in [0.1, 0.15) is 17.2 Å². The fourth-order valence-electron chi connectivity index (χ4n) is 6.82. The van der Waals surface area contributed by atoms with Crippen molar-refractivity contribution in [3.05, 3.63) is 75.7 Å². The Morgan fingerprint density at radius 3 is 2.63 bits per heavy atom. The monoisotopic (exact) mass is 515 g/mol. The average Bonchev–Trinajstić information content (AvgIpc) is 3.60. The van der Waals surface area contributed by atoms with E-state index in [1.54, 1.807) is 6.20 Å². The van der Waals surface area contributed by atoms with Crippen molar-refractivity contribution in [2.45, 2.75) is 50.6 Å². The highest BCUT2D eigenvalue weighted by molar-refractivity contribution is 6.00. The fraction of sp³-hybridized carbons (Fsp3) is 0.414. The van der Waals surface area contributed by atoms with E-state index in [-0.39, 0.29) is 34.8 Å². The first kappa shape index (κ1) is 23.4. The average molecular weight is 516 g/mol. The van der Waals surface area contributed by atoms with Crippen molar-refractivity contribution in [1.82, 2.24) is 19.3 Å². The number of rotatable bonds is 3. The van der Waals surface area contributed by atoms with Crippen LogP contribution in [-0.4, -0.2) is 63.1 Å². The molecule has 1 N–H and O–H groups in total. The molecular formula is C29H30FN5O3. The lowest BCUT2D eigenvalue weighted by atomic mass is 9.99. The summed E-state index contributed by atoms with van der Waals surface area (Å²) in [5.74, 6) is 0.831. The lowest BCUT2D eigenvalue weighted by Gasteiger charge is -2.41. The Bertz CT molecular complexity index is 1640. The van der Waals surface area contributed by atoms with E-state index in [0.29, 0.717) is 42.9 Å². The topological polar surface area (TPSA) is 82.9 Å². The van der Waals surface area contributed by atoms with Gasteiger partial charge in [-0.1, -0.05) is 0 Å². The lowest BCUT2D eigenvalue weighted by Crippen LogP contribution is -2.54. The van der Waals surface area contributed by atoms with Gasteiger partial charge in [-0.3, -0.25) is 14.0 Å². The van der Waals surface area contributed by atoms with Crippen molar-refractivity contribution in [3.63, 3.8) is 0 Å². The summed E-state index contributed by atoms with van der Waals surface area (Å²) in [5.41, 5.74) is 4.02. The van der Waals surface area contributed by atoms with E-state index in [1.165, 1.54) is 12.1 Å². The minimum absolute atomic E-state index is 0.0203. The molecule has 196 valence electrons. The van der Waals surface area contributed by atoms with Crippen LogP contribution in [-0.2, 0) is 4.74 Å². The van der Waals surface area contributed by atoms with Crippen molar-refractivity contribution in [2.75, 3.05) is 31.2 Å². The molecule has 2 aromatic carbocycles. The Kier molecular flexibility index (Phi) is 5.17. The number of imidazole rings is 1. The molecule has 38 heavy (non-hydrogen) atoms. The number of amides is 1. The molecule has 2 aromatic heterocycles. The molecule has 0 saturated carbocycles. The molecule has 8 nitrogen and oxygen atoms in total. The van der Waals surface area contributed by atoms with Gasteiger partial charge in [0.15, 0.2) is 0 Å². The highest BCUT2D eigenvalue weighted by atomic mass is 19.1. The summed E-state index contributed by atoms with van der Waals surface area (Å²) >= 11 is 0. The van der Waals surface area contributed by atoms with E-state index in [0.717, 1.165) is 41.9 Å². The third-order valence-corrected chi connectivity index (χ3v) is 8.74. The number of aromatic amines is 1. The molecule has 3 aliphatic heterocycles. The molecular weight excluding hydrogens is 485 g/mol. The molecule has 3 saturated heterocycles. The van der Waals surface area contributed by atoms with Crippen LogP contribution in [0.5, 0.6) is 0 Å². The number of ether oxygens (including phenoxy) is 1. The smallest absolute Gasteiger partial charge is 0.274 e. The SMILES string of the molecule is Cc1cc2c(cc1C(=O)N1C[C@]3(C)C[C@H]1CN3c1ccc(F)cc1)[nH]c(=O)c1cnc(C3CCOCC3)n12. The first-order valence-corrected chi connectivity index (χ1v) is 13.3. The van der Waals surface area contributed by atoms with Crippen molar-refractivity contribution in [3.8, 4) is 0 Å². The molecule has 7 rings (SSSR count). The lowest BCUT2D eigenvalue weighted by molar-refractivity contribution is 0.0713. The molecule has 0 aliphatic carbocycles. The zero-order chi connectivity index (χ0) is 26.2. The third kappa shape index (κ3) is 3.48. The van der Waals surface area contributed by atoms with Gasteiger partial charge in [0.25, 0.3) is 11.5 Å². The summed E-state index contributed by atoms with van der Waals surface area (Å²) < 4.78 is 21.0. The van der Waals surface area contributed by atoms with E-state index in [2.05, 4.69) is 21.8 Å². The molecule has 0 spiro atoms. The first-order chi connectivity index (χ1) is 18.3. The maximum Gasteiger partial charge on any atom is 0.274 e. The number of likely N-dealkylation sites (tertiary alicyclic amines) is 1. The zero-order valence-corrected chi connectivity index (χ0v) is 21.5. The van der Waals surface area contributed by atoms with Crippen molar-refractivity contribution < 1.29 is 13.9 Å². The molecule has 3 aliphatic rings. The Hall–Kier alpha value is -3.72. The van der Waals surface area contributed by atoms with Crippen molar-refractivity contribution in [1.29, 1.82) is 0 Å². The number of hydrogen-bond donors (Lipinski definition) is 1. The molecule has 9 heteroatoms. The first-order valence-electron chi connectivity index (χ1n) is 13.3. The molecule has 4 aromatic rings. The van der Waals surface area contributed by atoms with Gasteiger partial charge in [-0.05, 0) is 75.1 Å². The van der Waals surface area contributed by atoms with Gasteiger partial charge >= 0.3 is 0 Å². The zero-order valence-electron chi connectivity index (χ0n) is 21.5. The quantitative estimate of drug-likeness (QED) is 0.446. The number of hydrogen-bond acceptors (Lipinski definition) is 5. The van der Waals surface area contributed by atoms with Crippen molar-refractivity contribution in [2.24, 2.45) is 0 Å². The number of H-pyrrole nitrogens is 1.